The molecule has 0 bridgehead atoms. The third-order valence-electron chi connectivity index (χ3n) is 4.11. The van der Waals surface area contributed by atoms with Crippen LogP contribution in [0.15, 0.2) is 17.1 Å². The lowest BCUT2D eigenvalue weighted by Gasteiger charge is -2.39. The molecule has 0 aliphatic carbocycles. The van der Waals surface area contributed by atoms with Gasteiger partial charge in [0.1, 0.15) is 0 Å². The molecule has 6 nitrogen and oxygen atoms in total. The average Bonchev–Trinajstić information content (AvgIpc) is 2.60. The van der Waals surface area contributed by atoms with E-state index in [1.54, 1.807) is 21.3 Å². The van der Waals surface area contributed by atoms with E-state index in [9.17, 15) is 0 Å². The van der Waals surface area contributed by atoms with Gasteiger partial charge in [0.05, 0.1) is 21.3 Å². The molecular formula is C18H30IN3O3S. The van der Waals surface area contributed by atoms with E-state index in [-0.39, 0.29) is 28.7 Å². The minimum atomic E-state index is 0. The zero-order valence-electron chi connectivity index (χ0n) is 16.4. The Labute approximate surface area is 178 Å². The van der Waals surface area contributed by atoms with E-state index in [2.05, 4.69) is 29.1 Å². The van der Waals surface area contributed by atoms with Crippen LogP contribution in [0.4, 0.5) is 0 Å². The van der Waals surface area contributed by atoms with Crippen molar-refractivity contribution < 1.29 is 14.2 Å². The van der Waals surface area contributed by atoms with Crippen LogP contribution in [-0.4, -0.2) is 62.8 Å². The highest BCUT2D eigenvalue weighted by Crippen LogP contribution is 2.38. The summed E-state index contributed by atoms with van der Waals surface area (Å²) in [6, 6.07) is 3.91. The number of thioether (sulfide) groups is 1. The molecule has 0 amide bonds. The Kier molecular flexibility index (Phi) is 9.15. The summed E-state index contributed by atoms with van der Waals surface area (Å²) in [5.74, 6) is 3.95. The van der Waals surface area contributed by atoms with E-state index >= 15 is 0 Å². The molecule has 1 aliphatic rings. The van der Waals surface area contributed by atoms with Gasteiger partial charge in [-0.1, -0.05) is 0 Å². The molecule has 0 atom stereocenters. The van der Waals surface area contributed by atoms with Crippen LogP contribution < -0.4 is 19.5 Å². The maximum atomic E-state index is 5.42. The van der Waals surface area contributed by atoms with E-state index in [1.165, 1.54) is 0 Å². The van der Waals surface area contributed by atoms with Crippen molar-refractivity contribution in [1.82, 2.24) is 10.2 Å². The van der Waals surface area contributed by atoms with E-state index in [4.69, 9.17) is 14.2 Å². The molecule has 0 unspecified atom stereocenters. The molecule has 26 heavy (non-hydrogen) atoms. The van der Waals surface area contributed by atoms with Crippen LogP contribution >= 0.6 is 35.7 Å². The number of halogens is 1. The van der Waals surface area contributed by atoms with Gasteiger partial charge in [-0.3, -0.25) is 4.99 Å². The Morgan fingerprint density at radius 3 is 2.27 bits per heavy atom. The quantitative estimate of drug-likeness (QED) is 0.385. The molecule has 1 heterocycles. The molecule has 2 rings (SSSR count). The maximum absolute atomic E-state index is 5.42. The van der Waals surface area contributed by atoms with Gasteiger partial charge in [0.25, 0.3) is 0 Å². The summed E-state index contributed by atoms with van der Waals surface area (Å²) in [5, 5.41) is 3.45. The van der Waals surface area contributed by atoms with Crippen LogP contribution in [0.2, 0.25) is 0 Å². The lowest BCUT2D eigenvalue weighted by Crippen LogP contribution is -2.50. The second-order valence-electron chi connectivity index (χ2n) is 6.46. The van der Waals surface area contributed by atoms with Gasteiger partial charge in [-0.05, 0) is 31.5 Å². The smallest absolute Gasteiger partial charge is 0.203 e. The zero-order valence-corrected chi connectivity index (χ0v) is 19.6. The lowest BCUT2D eigenvalue weighted by molar-refractivity contribution is 0.323. The van der Waals surface area contributed by atoms with E-state index in [1.807, 2.05) is 30.9 Å². The molecule has 0 radical (unpaired) electrons. The van der Waals surface area contributed by atoms with Gasteiger partial charge >= 0.3 is 0 Å². The number of aliphatic imine (C=N–C) groups is 1. The van der Waals surface area contributed by atoms with Gasteiger partial charge in [-0.25, -0.2) is 0 Å². The predicted molar refractivity (Wildman–Crippen MR) is 120 cm³/mol. The molecule has 1 aromatic rings. The second-order valence-corrected chi connectivity index (χ2v) is 8.27. The Hall–Kier alpha value is -1.03. The van der Waals surface area contributed by atoms with Crippen molar-refractivity contribution in [2.75, 3.05) is 47.2 Å². The van der Waals surface area contributed by atoms with Crippen LogP contribution in [0.5, 0.6) is 17.2 Å². The van der Waals surface area contributed by atoms with Gasteiger partial charge in [0, 0.05) is 37.2 Å². The van der Waals surface area contributed by atoms with Crippen molar-refractivity contribution in [2.45, 2.75) is 25.1 Å². The summed E-state index contributed by atoms with van der Waals surface area (Å²) in [7, 11) is 6.68. The van der Waals surface area contributed by atoms with E-state index < -0.39 is 0 Å². The standard InChI is InChI=1S/C18H29N3O3S.HI/c1-18(2)12-21(7-8-25-18)17(19-3)20-11-13-9-14(22-4)16(24-6)15(10-13)23-5;/h9-10H,7-8,11-12H2,1-6H3,(H,19,20);1H. The number of ether oxygens (including phenoxy) is 3. The fourth-order valence-corrected chi connectivity index (χ4v) is 4.06. The van der Waals surface area contributed by atoms with Crippen molar-refractivity contribution in [2.24, 2.45) is 4.99 Å². The summed E-state index contributed by atoms with van der Waals surface area (Å²) in [6.45, 7) is 7.16. The molecule has 0 spiro atoms. The fourth-order valence-electron chi connectivity index (χ4n) is 2.95. The summed E-state index contributed by atoms with van der Waals surface area (Å²) >= 11 is 2.01. The third-order valence-corrected chi connectivity index (χ3v) is 5.41. The van der Waals surface area contributed by atoms with E-state index in [0.717, 1.165) is 30.4 Å². The average molecular weight is 495 g/mol. The van der Waals surface area contributed by atoms with Gasteiger partial charge in [0.2, 0.25) is 5.75 Å². The van der Waals surface area contributed by atoms with Crippen LogP contribution in [-0.2, 0) is 6.54 Å². The second kappa shape index (κ2) is 10.3. The maximum Gasteiger partial charge on any atom is 0.203 e. The Morgan fingerprint density at radius 2 is 1.81 bits per heavy atom. The van der Waals surface area contributed by atoms with Gasteiger partial charge < -0.3 is 24.4 Å². The highest BCUT2D eigenvalue weighted by molar-refractivity contribution is 14.0. The molecule has 0 saturated carbocycles. The summed E-state index contributed by atoms with van der Waals surface area (Å²) in [6.07, 6.45) is 0. The first-order valence-corrected chi connectivity index (χ1v) is 9.31. The molecule has 1 N–H and O–H groups in total. The predicted octanol–water partition coefficient (Wildman–Crippen LogP) is 3.23. The van der Waals surface area contributed by atoms with Crippen molar-refractivity contribution in [3.05, 3.63) is 17.7 Å². The number of hydrogen-bond acceptors (Lipinski definition) is 5. The zero-order chi connectivity index (χ0) is 18.4. The topological polar surface area (TPSA) is 55.3 Å². The first-order chi connectivity index (χ1) is 11.9. The number of methoxy groups -OCH3 is 3. The number of hydrogen-bond donors (Lipinski definition) is 1. The van der Waals surface area contributed by atoms with Crippen molar-refractivity contribution in [3.8, 4) is 17.2 Å². The number of benzene rings is 1. The molecule has 8 heteroatoms. The van der Waals surface area contributed by atoms with Crippen LogP contribution in [0.1, 0.15) is 19.4 Å². The van der Waals surface area contributed by atoms with Gasteiger partial charge in [-0.15, -0.1) is 24.0 Å². The summed E-state index contributed by atoms with van der Waals surface area (Å²) < 4.78 is 16.5. The van der Waals surface area contributed by atoms with Gasteiger partial charge in [0.15, 0.2) is 17.5 Å². The minimum absolute atomic E-state index is 0. The highest BCUT2D eigenvalue weighted by Gasteiger charge is 2.28. The van der Waals surface area contributed by atoms with Crippen molar-refractivity contribution in [1.29, 1.82) is 0 Å². The highest BCUT2D eigenvalue weighted by atomic mass is 127. The number of nitrogens with one attached hydrogen (secondary N) is 1. The number of guanidine groups is 1. The van der Waals surface area contributed by atoms with Gasteiger partial charge in [-0.2, -0.15) is 11.8 Å². The molecule has 148 valence electrons. The van der Waals surface area contributed by atoms with Crippen LogP contribution in [0, 0.1) is 0 Å². The summed E-state index contributed by atoms with van der Waals surface area (Å²) in [4.78, 5) is 6.76. The Balaban J connectivity index is 0.00000338. The Bertz CT molecular complexity index is 601. The number of rotatable bonds is 5. The fraction of sp³-hybridized carbons (Fsp3) is 0.611. The first kappa shape index (κ1) is 23.0. The third kappa shape index (κ3) is 5.73. The van der Waals surface area contributed by atoms with E-state index in [0.29, 0.717) is 23.8 Å². The minimum Gasteiger partial charge on any atom is -0.493 e. The molecule has 0 aromatic heterocycles. The SMILES string of the molecule is CN=C(NCc1cc(OC)c(OC)c(OC)c1)N1CCSC(C)(C)C1.I. The Morgan fingerprint density at radius 1 is 1.19 bits per heavy atom. The van der Waals surface area contributed by atoms with Crippen LogP contribution in [0.3, 0.4) is 0 Å². The first-order valence-electron chi connectivity index (χ1n) is 8.32. The van der Waals surface area contributed by atoms with Crippen molar-refractivity contribution >= 4 is 41.7 Å². The molecular weight excluding hydrogens is 465 g/mol. The molecule has 1 aromatic carbocycles. The van der Waals surface area contributed by atoms with Crippen LogP contribution in [0.25, 0.3) is 0 Å². The normalized spacial score (nSPS) is 16.5. The monoisotopic (exact) mass is 495 g/mol. The molecule has 1 fully saturated rings. The lowest BCUT2D eigenvalue weighted by atomic mass is 10.1. The largest absolute Gasteiger partial charge is 0.493 e. The number of nitrogens with zero attached hydrogens (tertiary/aromatic N) is 2. The molecule has 1 saturated heterocycles. The summed E-state index contributed by atoms with van der Waals surface area (Å²) in [5.41, 5.74) is 1.04. The van der Waals surface area contributed by atoms with Crippen molar-refractivity contribution in [3.63, 3.8) is 0 Å². The molecule has 1 aliphatic heterocycles.